The molecular weight excluding hydrogens is 246 g/mol. The van der Waals surface area contributed by atoms with Crippen LogP contribution in [0.5, 0.6) is 0 Å². The van der Waals surface area contributed by atoms with E-state index < -0.39 is 0 Å². The van der Waals surface area contributed by atoms with Crippen LogP contribution in [-0.4, -0.2) is 23.8 Å². The summed E-state index contributed by atoms with van der Waals surface area (Å²) >= 11 is 0. The SMILES string of the molecule is CC(C)CC(CC(C)C)N[C@@H](CO)Cc1ccccc1. The first-order chi connectivity index (χ1) is 9.51. The van der Waals surface area contributed by atoms with Crippen LogP contribution in [0.25, 0.3) is 0 Å². The molecule has 1 atom stereocenters. The van der Waals surface area contributed by atoms with Crippen LogP contribution in [0.4, 0.5) is 0 Å². The molecule has 1 aromatic rings. The van der Waals surface area contributed by atoms with Gasteiger partial charge >= 0.3 is 0 Å². The summed E-state index contributed by atoms with van der Waals surface area (Å²) in [5.74, 6) is 1.37. The summed E-state index contributed by atoms with van der Waals surface area (Å²) in [6.07, 6.45) is 3.23. The Labute approximate surface area is 124 Å². The van der Waals surface area contributed by atoms with Crippen LogP contribution < -0.4 is 5.32 Å². The van der Waals surface area contributed by atoms with E-state index in [1.807, 2.05) is 6.07 Å². The van der Waals surface area contributed by atoms with Crippen molar-refractivity contribution >= 4 is 0 Å². The van der Waals surface area contributed by atoms with Crippen LogP contribution in [-0.2, 0) is 6.42 Å². The average molecular weight is 277 g/mol. The Morgan fingerprint density at radius 1 is 0.900 bits per heavy atom. The van der Waals surface area contributed by atoms with E-state index in [4.69, 9.17) is 0 Å². The maximum atomic E-state index is 9.64. The van der Waals surface area contributed by atoms with Crippen molar-refractivity contribution in [2.45, 2.75) is 59.0 Å². The second-order valence-electron chi connectivity index (χ2n) is 6.69. The highest BCUT2D eigenvalue weighted by atomic mass is 16.3. The summed E-state index contributed by atoms with van der Waals surface area (Å²) in [6.45, 7) is 9.25. The quantitative estimate of drug-likeness (QED) is 0.722. The Bertz CT molecular complexity index is 338. The largest absolute Gasteiger partial charge is 0.395 e. The van der Waals surface area contributed by atoms with Crippen molar-refractivity contribution in [3.8, 4) is 0 Å². The lowest BCUT2D eigenvalue weighted by atomic mass is 9.94. The van der Waals surface area contributed by atoms with Gasteiger partial charge in [-0.25, -0.2) is 0 Å². The normalized spacial score (nSPS) is 13.4. The van der Waals surface area contributed by atoms with Crippen LogP contribution in [0, 0.1) is 11.8 Å². The molecule has 0 radical (unpaired) electrons. The first-order valence-corrected chi connectivity index (χ1v) is 7.92. The molecule has 0 bridgehead atoms. The molecule has 0 saturated carbocycles. The molecule has 0 fully saturated rings. The monoisotopic (exact) mass is 277 g/mol. The summed E-state index contributed by atoms with van der Waals surface area (Å²) in [4.78, 5) is 0. The maximum Gasteiger partial charge on any atom is 0.0587 e. The van der Waals surface area contributed by atoms with Gasteiger partial charge in [0.15, 0.2) is 0 Å². The molecule has 114 valence electrons. The van der Waals surface area contributed by atoms with Crippen LogP contribution in [0.3, 0.4) is 0 Å². The van der Waals surface area contributed by atoms with E-state index in [-0.39, 0.29) is 12.6 Å². The highest BCUT2D eigenvalue weighted by molar-refractivity contribution is 5.15. The molecule has 2 nitrogen and oxygen atoms in total. The number of nitrogens with one attached hydrogen (secondary N) is 1. The fourth-order valence-electron chi connectivity index (χ4n) is 2.78. The zero-order valence-corrected chi connectivity index (χ0v) is 13.5. The Hall–Kier alpha value is -0.860. The van der Waals surface area contributed by atoms with E-state index >= 15 is 0 Å². The van der Waals surface area contributed by atoms with Gasteiger partial charge in [-0.3, -0.25) is 0 Å². The predicted octanol–water partition coefficient (Wildman–Crippen LogP) is 3.64. The summed E-state index contributed by atoms with van der Waals surface area (Å²) < 4.78 is 0. The molecule has 0 saturated heterocycles. The second-order valence-corrected chi connectivity index (χ2v) is 6.69. The summed E-state index contributed by atoms with van der Waals surface area (Å²) in [5, 5.41) is 13.3. The number of benzene rings is 1. The molecule has 1 aromatic carbocycles. The maximum absolute atomic E-state index is 9.64. The first-order valence-electron chi connectivity index (χ1n) is 7.92. The van der Waals surface area contributed by atoms with Gasteiger partial charge in [0.05, 0.1) is 6.61 Å². The van der Waals surface area contributed by atoms with E-state index in [9.17, 15) is 5.11 Å². The molecule has 20 heavy (non-hydrogen) atoms. The summed E-state index contributed by atoms with van der Waals surface area (Å²) in [7, 11) is 0. The van der Waals surface area contributed by atoms with Crippen molar-refractivity contribution in [3.63, 3.8) is 0 Å². The molecule has 1 rings (SSSR count). The summed E-state index contributed by atoms with van der Waals surface area (Å²) in [5.41, 5.74) is 1.28. The van der Waals surface area contributed by atoms with Gasteiger partial charge in [-0.05, 0) is 36.7 Å². The lowest BCUT2D eigenvalue weighted by Gasteiger charge is -2.27. The smallest absolute Gasteiger partial charge is 0.0587 e. The third-order valence-electron chi connectivity index (χ3n) is 3.53. The van der Waals surface area contributed by atoms with E-state index in [1.54, 1.807) is 0 Å². The molecule has 0 aliphatic rings. The minimum atomic E-state index is 0.153. The fraction of sp³-hybridized carbons (Fsp3) is 0.667. The molecule has 0 amide bonds. The van der Waals surface area contributed by atoms with Crippen molar-refractivity contribution in [2.75, 3.05) is 6.61 Å². The zero-order chi connectivity index (χ0) is 15.0. The Kier molecular flexibility index (Phi) is 7.86. The minimum Gasteiger partial charge on any atom is -0.395 e. The van der Waals surface area contributed by atoms with Crippen LogP contribution in [0.2, 0.25) is 0 Å². The molecule has 0 heterocycles. The Morgan fingerprint density at radius 2 is 1.45 bits per heavy atom. The number of hydrogen-bond donors (Lipinski definition) is 2. The number of rotatable bonds is 9. The van der Waals surface area contributed by atoms with Crippen LogP contribution in [0.1, 0.15) is 46.1 Å². The topological polar surface area (TPSA) is 32.3 Å². The third-order valence-corrected chi connectivity index (χ3v) is 3.53. The first kappa shape index (κ1) is 17.2. The van der Waals surface area contributed by atoms with Gasteiger partial charge in [0.1, 0.15) is 0 Å². The van der Waals surface area contributed by atoms with Gasteiger partial charge < -0.3 is 10.4 Å². The van der Waals surface area contributed by atoms with Gasteiger partial charge in [0.2, 0.25) is 0 Å². The van der Waals surface area contributed by atoms with Crippen molar-refractivity contribution in [3.05, 3.63) is 35.9 Å². The van der Waals surface area contributed by atoms with Crippen molar-refractivity contribution < 1.29 is 5.11 Å². The van der Waals surface area contributed by atoms with Crippen molar-refractivity contribution in [1.29, 1.82) is 0 Å². The number of hydrogen-bond acceptors (Lipinski definition) is 2. The molecule has 2 N–H and O–H groups in total. The average Bonchev–Trinajstić information content (AvgIpc) is 2.37. The Morgan fingerprint density at radius 3 is 1.90 bits per heavy atom. The van der Waals surface area contributed by atoms with Gasteiger partial charge in [0.25, 0.3) is 0 Å². The fourth-order valence-corrected chi connectivity index (χ4v) is 2.78. The van der Waals surface area contributed by atoms with Crippen LogP contribution >= 0.6 is 0 Å². The molecular formula is C18H31NO. The Balaban J connectivity index is 2.58. The van der Waals surface area contributed by atoms with E-state index in [0.29, 0.717) is 17.9 Å². The van der Waals surface area contributed by atoms with Gasteiger partial charge in [-0.1, -0.05) is 58.0 Å². The molecule has 2 heteroatoms. The molecule has 0 aromatic heterocycles. The third kappa shape index (κ3) is 7.06. The van der Waals surface area contributed by atoms with Crippen molar-refractivity contribution in [1.82, 2.24) is 5.32 Å². The van der Waals surface area contributed by atoms with E-state index in [0.717, 1.165) is 6.42 Å². The second kappa shape index (κ2) is 9.15. The van der Waals surface area contributed by atoms with E-state index in [2.05, 4.69) is 57.3 Å². The lowest BCUT2D eigenvalue weighted by molar-refractivity contribution is 0.216. The highest BCUT2D eigenvalue weighted by Gasteiger charge is 2.17. The lowest BCUT2D eigenvalue weighted by Crippen LogP contribution is -2.43. The van der Waals surface area contributed by atoms with Gasteiger partial charge in [-0.15, -0.1) is 0 Å². The predicted molar refractivity (Wildman–Crippen MR) is 86.9 cm³/mol. The standard InChI is InChI=1S/C18H31NO/c1-14(2)10-17(11-15(3)4)19-18(13-20)12-16-8-6-5-7-9-16/h5-9,14-15,17-20H,10-13H2,1-4H3/t18-/m1/s1. The van der Waals surface area contributed by atoms with Crippen LogP contribution in [0.15, 0.2) is 30.3 Å². The molecule has 0 spiro atoms. The number of aliphatic hydroxyl groups is 1. The molecule has 0 unspecified atom stereocenters. The van der Waals surface area contributed by atoms with Gasteiger partial charge in [0, 0.05) is 12.1 Å². The zero-order valence-electron chi connectivity index (χ0n) is 13.5. The van der Waals surface area contributed by atoms with E-state index in [1.165, 1.54) is 18.4 Å². The molecule has 0 aliphatic heterocycles. The number of aliphatic hydroxyl groups excluding tert-OH is 1. The highest BCUT2D eigenvalue weighted by Crippen LogP contribution is 2.15. The van der Waals surface area contributed by atoms with Crippen molar-refractivity contribution in [2.24, 2.45) is 11.8 Å². The van der Waals surface area contributed by atoms with Gasteiger partial charge in [-0.2, -0.15) is 0 Å². The summed E-state index contributed by atoms with van der Waals surface area (Å²) in [6, 6.07) is 11.1. The molecule has 0 aliphatic carbocycles. The minimum absolute atomic E-state index is 0.153.